The number of hydrogen-bond donors (Lipinski definition) is 1. The van der Waals surface area contributed by atoms with Gasteiger partial charge in [-0.1, -0.05) is 38.1 Å². The second-order valence-electron chi connectivity index (χ2n) is 5.76. The van der Waals surface area contributed by atoms with Crippen LogP contribution in [0.1, 0.15) is 20.3 Å². The van der Waals surface area contributed by atoms with Crippen LogP contribution in [-0.2, 0) is 4.74 Å². The van der Waals surface area contributed by atoms with E-state index in [0.717, 1.165) is 23.0 Å². The van der Waals surface area contributed by atoms with Gasteiger partial charge in [0.15, 0.2) is 5.82 Å². The van der Waals surface area contributed by atoms with Crippen molar-refractivity contribution in [2.24, 2.45) is 5.41 Å². The summed E-state index contributed by atoms with van der Waals surface area (Å²) in [5.41, 5.74) is 0.118. The van der Waals surface area contributed by atoms with Gasteiger partial charge in [0, 0.05) is 29.3 Å². The molecule has 0 amide bonds. The Morgan fingerprint density at radius 1 is 1.32 bits per heavy atom. The van der Waals surface area contributed by atoms with Gasteiger partial charge in [-0.2, -0.15) is 5.10 Å². The van der Waals surface area contributed by atoms with Gasteiger partial charge in [0.1, 0.15) is 0 Å². The molecule has 19 heavy (non-hydrogen) atoms. The molecule has 1 heterocycles. The summed E-state index contributed by atoms with van der Waals surface area (Å²) in [6.07, 6.45) is 3.12. The number of anilines is 1. The van der Waals surface area contributed by atoms with Gasteiger partial charge in [-0.15, -0.1) is 5.10 Å². The van der Waals surface area contributed by atoms with Gasteiger partial charge in [0.25, 0.3) is 0 Å². The summed E-state index contributed by atoms with van der Waals surface area (Å²) in [6, 6.07) is 8.55. The van der Waals surface area contributed by atoms with Gasteiger partial charge < -0.3 is 10.1 Å². The molecular weight excluding hydrogens is 238 g/mol. The Labute approximate surface area is 113 Å². The molecule has 1 saturated carbocycles. The Bertz CT molecular complexity index is 591. The Balaban J connectivity index is 1.87. The molecular formula is C15H19N3O. The third-order valence-electron chi connectivity index (χ3n) is 4.34. The molecule has 2 aromatic rings. The molecule has 100 valence electrons. The van der Waals surface area contributed by atoms with Gasteiger partial charge in [-0.25, -0.2) is 0 Å². The highest BCUT2D eigenvalue weighted by molar-refractivity contribution is 5.91. The van der Waals surface area contributed by atoms with Crippen LogP contribution < -0.4 is 5.32 Å². The third kappa shape index (κ3) is 1.96. The summed E-state index contributed by atoms with van der Waals surface area (Å²) < 4.78 is 5.48. The van der Waals surface area contributed by atoms with Crippen LogP contribution in [0.4, 0.5) is 5.82 Å². The van der Waals surface area contributed by atoms with E-state index in [-0.39, 0.29) is 5.41 Å². The molecule has 1 aliphatic rings. The number of fused-ring (bicyclic) bond motifs is 1. The van der Waals surface area contributed by atoms with Crippen molar-refractivity contribution in [1.29, 1.82) is 0 Å². The Kier molecular flexibility index (Phi) is 2.90. The predicted molar refractivity (Wildman–Crippen MR) is 76.1 cm³/mol. The number of aromatic nitrogens is 2. The Morgan fingerprint density at radius 3 is 2.84 bits per heavy atom. The lowest BCUT2D eigenvalue weighted by Crippen LogP contribution is -2.57. The number of benzene rings is 1. The SMILES string of the molecule is COC1CC(Nc2nncc3ccccc23)C1(C)C. The fraction of sp³-hybridized carbons (Fsp3) is 0.467. The molecule has 1 aliphatic carbocycles. The lowest BCUT2D eigenvalue weighted by Gasteiger charge is -2.51. The number of methoxy groups -OCH3 is 1. The van der Waals surface area contributed by atoms with Crippen molar-refractivity contribution in [2.45, 2.75) is 32.4 Å². The Hall–Kier alpha value is -1.68. The summed E-state index contributed by atoms with van der Waals surface area (Å²) in [7, 11) is 1.78. The van der Waals surface area contributed by atoms with Crippen LogP contribution in [0.3, 0.4) is 0 Å². The zero-order valence-electron chi connectivity index (χ0n) is 11.6. The molecule has 4 heteroatoms. The summed E-state index contributed by atoms with van der Waals surface area (Å²) in [4.78, 5) is 0. The highest BCUT2D eigenvalue weighted by Crippen LogP contribution is 2.44. The van der Waals surface area contributed by atoms with Gasteiger partial charge in [0.05, 0.1) is 12.3 Å². The lowest BCUT2D eigenvalue weighted by molar-refractivity contribution is -0.0795. The molecule has 1 fully saturated rings. The zero-order chi connectivity index (χ0) is 13.5. The molecule has 0 spiro atoms. The second-order valence-corrected chi connectivity index (χ2v) is 5.76. The average molecular weight is 257 g/mol. The maximum atomic E-state index is 5.48. The highest BCUT2D eigenvalue weighted by atomic mass is 16.5. The van der Waals surface area contributed by atoms with Crippen molar-refractivity contribution in [3.63, 3.8) is 0 Å². The first-order chi connectivity index (χ1) is 9.13. The van der Waals surface area contributed by atoms with Crippen LogP contribution in [0.5, 0.6) is 0 Å². The fourth-order valence-electron chi connectivity index (χ4n) is 2.83. The fourth-order valence-corrected chi connectivity index (χ4v) is 2.83. The Morgan fingerprint density at radius 2 is 2.11 bits per heavy atom. The van der Waals surface area contributed by atoms with Crippen molar-refractivity contribution in [3.8, 4) is 0 Å². The van der Waals surface area contributed by atoms with E-state index in [0.29, 0.717) is 12.1 Å². The first kappa shape index (κ1) is 12.4. The molecule has 0 saturated heterocycles. The molecule has 4 nitrogen and oxygen atoms in total. The van der Waals surface area contributed by atoms with E-state index >= 15 is 0 Å². The topological polar surface area (TPSA) is 47.0 Å². The van der Waals surface area contributed by atoms with Crippen LogP contribution in [0.25, 0.3) is 10.8 Å². The minimum absolute atomic E-state index is 0.118. The summed E-state index contributed by atoms with van der Waals surface area (Å²) in [6.45, 7) is 4.45. The van der Waals surface area contributed by atoms with Crippen molar-refractivity contribution >= 4 is 16.6 Å². The number of nitrogens with zero attached hydrogens (tertiary/aromatic N) is 2. The van der Waals surface area contributed by atoms with Crippen molar-refractivity contribution in [2.75, 3.05) is 12.4 Å². The highest BCUT2D eigenvalue weighted by Gasteiger charge is 2.48. The number of hydrogen-bond acceptors (Lipinski definition) is 4. The molecule has 3 rings (SSSR count). The molecule has 1 N–H and O–H groups in total. The number of nitrogens with one attached hydrogen (secondary N) is 1. The van der Waals surface area contributed by atoms with Crippen molar-refractivity contribution < 1.29 is 4.74 Å². The van der Waals surface area contributed by atoms with Gasteiger partial charge in [-0.05, 0) is 6.42 Å². The normalized spacial score (nSPS) is 25.0. The van der Waals surface area contributed by atoms with E-state index in [9.17, 15) is 0 Å². The van der Waals surface area contributed by atoms with Crippen LogP contribution in [0.15, 0.2) is 30.5 Å². The molecule has 2 unspecified atom stereocenters. The van der Waals surface area contributed by atoms with E-state index in [2.05, 4.69) is 41.5 Å². The van der Waals surface area contributed by atoms with E-state index in [1.54, 1.807) is 13.3 Å². The van der Waals surface area contributed by atoms with Crippen LogP contribution >= 0.6 is 0 Å². The van der Waals surface area contributed by atoms with Gasteiger partial charge >= 0.3 is 0 Å². The monoisotopic (exact) mass is 257 g/mol. The standard InChI is InChI=1S/C15H19N3O/c1-15(2)12(8-13(15)19-3)17-14-11-7-5-4-6-10(11)9-16-18-14/h4-7,9,12-13H,8H2,1-3H3,(H,17,18). The minimum Gasteiger partial charge on any atom is -0.381 e. The molecule has 2 atom stereocenters. The molecule has 1 aromatic carbocycles. The molecule has 0 radical (unpaired) electrons. The van der Waals surface area contributed by atoms with E-state index < -0.39 is 0 Å². The first-order valence-corrected chi connectivity index (χ1v) is 6.62. The summed E-state index contributed by atoms with van der Waals surface area (Å²) in [5, 5.41) is 14.1. The van der Waals surface area contributed by atoms with Crippen LogP contribution in [0.2, 0.25) is 0 Å². The minimum atomic E-state index is 0.118. The molecule has 0 aliphatic heterocycles. The summed E-state index contributed by atoms with van der Waals surface area (Å²) in [5.74, 6) is 0.866. The second kappa shape index (κ2) is 4.46. The maximum absolute atomic E-state index is 5.48. The van der Waals surface area contributed by atoms with Gasteiger partial charge in [-0.3, -0.25) is 0 Å². The van der Waals surface area contributed by atoms with Gasteiger partial charge in [0.2, 0.25) is 0 Å². The molecule has 1 aromatic heterocycles. The number of ether oxygens (including phenoxy) is 1. The van der Waals surface area contributed by atoms with E-state index in [1.807, 2.05) is 12.1 Å². The molecule has 0 bridgehead atoms. The first-order valence-electron chi connectivity index (χ1n) is 6.62. The van der Waals surface area contributed by atoms with Crippen LogP contribution in [0, 0.1) is 5.41 Å². The number of rotatable bonds is 3. The quantitative estimate of drug-likeness (QED) is 0.918. The van der Waals surface area contributed by atoms with E-state index in [4.69, 9.17) is 4.74 Å². The predicted octanol–water partition coefficient (Wildman–Crippen LogP) is 2.86. The summed E-state index contributed by atoms with van der Waals surface area (Å²) >= 11 is 0. The zero-order valence-corrected chi connectivity index (χ0v) is 11.6. The smallest absolute Gasteiger partial charge is 0.156 e. The van der Waals surface area contributed by atoms with Crippen LogP contribution in [-0.4, -0.2) is 29.5 Å². The van der Waals surface area contributed by atoms with E-state index in [1.165, 1.54) is 0 Å². The largest absolute Gasteiger partial charge is 0.381 e. The lowest BCUT2D eigenvalue weighted by atomic mass is 9.64. The average Bonchev–Trinajstić information content (AvgIpc) is 2.43. The van der Waals surface area contributed by atoms with Crippen molar-refractivity contribution in [1.82, 2.24) is 10.2 Å². The van der Waals surface area contributed by atoms with Crippen molar-refractivity contribution in [3.05, 3.63) is 30.5 Å². The maximum Gasteiger partial charge on any atom is 0.156 e. The third-order valence-corrected chi connectivity index (χ3v) is 4.34.